The zero-order valence-corrected chi connectivity index (χ0v) is 23.6. The average molecular weight is 547 g/mol. The van der Waals surface area contributed by atoms with E-state index in [-0.39, 0.29) is 19.1 Å². The molecule has 3 heterocycles. The van der Waals surface area contributed by atoms with Crippen molar-refractivity contribution in [2.45, 2.75) is 62.3 Å². The van der Waals surface area contributed by atoms with Crippen molar-refractivity contribution in [1.82, 2.24) is 4.90 Å². The molecule has 0 bridgehead atoms. The molecule has 6 atom stereocenters. The van der Waals surface area contributed by atoms with Gasteiger partial charge in [-0.2, -0.15) is 0 Å². The third-order valence-electron chi connectivity index (χ3n) is 9.87. The van der Waals surface area contributed by atoms with E-state index < -0.39 is 40.5 Å². The fraction of sp³-hybridized carbons (Fsp3) is 0.500. The van der Waals surface area contributed by atoms with Crippen LogP contribution in [0, 0.1) is 5.41 Å². The van der Waals surface area contributed by atoms with Crippen LogP contribution in [0.3, 0.4) is 0 Å². The lowest BCUT2D eigenvalue weighted by Gasteiger charge is -2.64. The number of likely N-dealkylation sites (N-methyl/N-ethyl adjacent to an activating group) is 1. The lowest BCUT2D eigenvalue weighted by atomic mass is 9.48. The van der Waals surface area contributed by atoms with Gasteiger partial charge >= 0.3 is 11.9 Å². The molecule has 0 aromatic heterocycles. The number of rotatable bonds is 7. The second kappa shape index (κ2) is 9.63. The van der Waals surface area contributed by atoms with Crippen LogP contribution in [0.1, 0.15) is 37.8 Å². The van der Waals surface area contributed by atoms with Gasteiger partial charge < -0.3 is 24.2 Å². The van der Waals surface area contributed by atoms with E-state index in [0.717, 1.165) is 42.1 Å². The smallest absolute Gasteiger partial charge is 0.310 e. The molecule has 0 radical (unpaired) electrons. The van der Waals surface area contributed by atoms with Crippen LogP contribution < -0.4 is 9.64 Å². The lowest BCUT2D eigenvalue weighted by Crippen LogP contribution is -2.80. The number of methoxy groups -OCH3 is 1. The second-order valence-corrected chi connectivity index (χ2v) is 11.8. The molecule has 1 saturated carbocycles. The van der Waals surface area contributed by atoms with Crippen LogP contribution in [-0.4, -0.2) is 79.6 Å². The molecular formula is C32H38N2O6. The minimum absolute atomic E-state index is 0.0123. The van der Waals surface area contributed by atoms with Crippen LogP contribution >= 0.6 is 0 Å². The number of hydrogen-bond donors (Lipinski definition) is 1. The Morgan fingerprint density at radius 2 is 1.90 bits per heavy atom. The van der Waals surface area contributed by atoms with Gasteiger partial charge in [0.15, 0.2) is 5.60 Å². The molecule has 8 heteroatoms. The van der Waals surface area contributed by atoms with E-state index in [1.165, 1.54) is 6.92 Å². The highest BCUT2D eigenvalue weighted by Gasteiger charge is 2.78. The molecule has 2 aromatic carbocycles. The van der Waals surface area contributed by atoms with Gasteiger partial charge in [-0.05, 0) is 36.6 Å². The normalized spacial score (nSPS) is 33.6. The summed E-state index contributed by atoms with van der Waals surface area (Å²) >= 11 is 0. The zero-order valence-electron chi connectivity index (χ0n) is 23.6. The van der Waals surface area contributed by atoms with Gasteiger partial charge in [0.2, 0.25) is 0 Å². The number of anilines is 1. The Morgan fingerprint density at radius 1 is 1.12 bits per heavy atom. The molecule has 1 saturated heterocycles. The van der Waals surface area contributed by atoms with Gasteiger partial charge in [-0.15, -0.1) is 0 Å². The van der Waals surface area contributed by atoms with Gasteiger partial charge in [0.1, 0.15) is 18.5 Å². The largest absolute Gasteiger partial charge is 0.497 e. The zero-order chi connectivity index (χ0) is 28.3. The highest BCUT2D eigenvalue weighted by Crippen LogP contribution is 2.67. The van der Waals surface area contributed by atoms with Crippen LogP contribution in [0.25, 0.3) is 0 Å². The summed E-state index contributed by atoms with van der Waals surface area (Å²) in [6.45, 7) is 4.83. The molecule has 8 nitrogen and oxygen atoms in total. The van der Waals surface area contributed by atoms with Crippen molar-refractivity contribution < 1.29 is 28.9 Å². The van der Waals surface area contributed by atoms with Gasteiger partial charge in [-0.3, -0.25) is 14.5 Å². The second-order valence-electron chi connectivity index (χ2n) is 11.8. The summed E-state index contributed by atoms with van der Waals surface area (Å²) in [5.41, 5.74) is 0.109. The average Bonchev–Trinajstić information content (AvgIpc) is 3.46. The fourth-order valence-corrected chi connectivity index (χ4v) is 8.62. The monoisotopic (exact) mass is 546 g/mol. The number of esters is 2. The molecule has 1 aliphatic carbocycles. The fourth-order valence-electron chi connectivity index (χ4n) is 8.62. The predicted octanol–water partition coefficient (Wildman–Crippen LogP) is 3.25. The number of ether oxygens (including phenoxy) is 3. The molecule has 1 unspecified atom stereocenters. The maximum atomic E-state index is 13.1. The van der Waals surface area contributed by atoms with Crippen LogP contribution in [-0.2, 0) is 30.9 Å². The maximum Gasteiger partial charge on any atom is 0.310 e. The number of carbonyl (C=O) groups is 2. The predicted molar refractivity (Wildman–Crippen MR) is 150 cm³/mol. The van der Waals surface area contributed by atoms with E-state index in [4.69, 9.17) is 14.2 Å². The minimum Gasteiger partial charge on any atom is -0.497 e. The SMILES string of the molecule is CC[C@]12C=CCN3CC[C@@]4(c5ccc(OC)cc5N(C)[C@H]4C(O)(COC(=O)Cc4ccccc4)[C@@H]1OC(C)=O)[C@@H]32. The molecule has 6 rings (SSSR count). The third-order valence-corrected chi connectivity index (χ3v) is 9.87. The Hall–Kier alpha value is -3.36. The van der Waals surface area contributed by atoms with E-state index in [2.05, 4.69) is 34.9 Å². The first kappa shape index (κ1) is 26.8. The number of nitrogens with zero attached hydrogens (tertiary/aromatic N) is 2. The topological polar surface area (TPSA) is 88.5 Å². The van der Waals surface area contributed by atoms with Crippen molar-refractivity contribution >= 4 is 17.6 Å². The third kappa shape index (κ3) is 3.65. The van der Waals surface area contributed by atoms with Gasteiger partial charge in [-0.1, -0.05) is 55.5 Å². The van der Waals surface area contributed by atoms with Crippen molar-refractivity contribution in [2.24, 2.45) is 5.41 Å². The summed E-state index contributed by atoms with van der Waals surface area (Å²) in [5.74, 6) is -0.173. The van der Waals surface area contributed by atoms with Crippen molar-refractivity contribution in [3.8, 4) is 5.75 Å². The molecule has 1 spiro atoms. The Balaban J connectivity index is 1.50. The summed E-state index contributed by atoms with van der Waals surface area (Å²) in [5, 5.41) is 13.0. The molecule has 4 aliphatic rings. The number of fused-ring (bicyclic) bond motifs is 1. The summed E-state index contributed by atoms with van der Waals surface area (Å²) in [4.78, 5) is 30.3. The van der Waals surface area contributed by atoms with Gasteiger partial charge in [0.25, 0.3) is 0 Å². The Bertz CT molecular complexity index is 1350. The van der Waals surface area contributed by atoms with Crippen LogP contribution in [0.5, 0.6) is 5.75 Å². The van der Waals surface area contributed by atoms with E-state index in [1.54, 1.807) is 7.11 Å². The van der Waals surface area contributed by atoms with Crippen molar-refractivity contribution in [3.05, 3.63) is 71.8 Å². The summed E-state index contributed by atoms with van der Waals surface area (Å²) in [7, 11) is 3.62. The molecular weight excluding hydrogens is 508 g/mol. The van der Waals surface area contributed by atoms with Gasteiger partial charge in [0, 0.05) is 49.1 Å². The molecule has 3 aliphatic heterocycles. The highest BCUT2D eigenvalue weighted by molar-refractivity contribution is 5.74. The number of hydrogen-bond acceptors (Lipinski definition) is 8. The Morgan fingerprint density at radius 3 is 2.60 bits per heavy atom. The number of carbonyl (C=O) groups excluding carboxylic acids is 2. The summed E-state index contributed by atoms with van der Waals surface area (Å²) in [6.07, 6.45) is 4.92. The first-order valence-corrected chi connectivity index (χ1v) is 14.1. The van der Waals surface area contributed by atoms with Crippen LogP contribution in [0.2, 0.25) is 0 Å². The lowest BCUT2D eigenvalue weighted by molar-refractivity contribution is -0.232. The van der Waals surface area contributed by atoms with Crippen molar-refractivity contribution in [2.75, 3.05) is 38.8 Å². The minimum atomic E-state index is -1.69. The quantitative estimate of drug-likeness (QED) is 0.418. The first-order valence-electron chi connectivity index (χ1n) is 14.1. The van der Waals surface area contributed by atoms with E-state index >= 15 is 0 Å². The van der Waals surface area contributed by atoms with Crippen molar-refractivity contribution in [3.63, 3.8) is 0 Å². The molecule has 1 N–H and O–H groups in total. The standard InChI is InChI=1S/C32H38N2O6/c1-5-30-14-9-16-34-17-15-31(27(30)34)24-13-12-23(38-4)19-25(24)33(3)28(31)32(37,29(30)40-21(2)35)20-39-26(36)18-22-10-7-6-8-11-22/h6-14,19,27-29,37H,5,15-18,20H2,1-4H3/t27-,28+,29+,30+,31+,32?/m0/s1. The molecule has 2 aromatic rings. The first-order chi connectivity index (χ1) is 19.2. The summed E-state index contributed by atoms with van der Waals surface area (Å²) < 4.78 is 17.6. The van der Waals surface area contributed by atoms with E-state index in [9.17, 15) is 14.7 Å². The van der Waals surface area contributed by atoms with Crippen LogP contribution in [0.4, 0.5) is 5.69 Å². The highest BCUT2D eigenvalue weighted by atomic mass is 16.6. The van der Waals surface area contributed by atoms with Gasteiger partial charge in [-0.25, -0.2) is 0 Å². The van der Waals surface area contributed by atoms with E-state index in [1.807, 2.05) is 49.5 Å². The summed E-state index contributed by atoms with van der Waals surface area (Å²) in [6, 6.07) is 15.0. The molecule has 0 amide bonds. The molecule has 2 fully saturated rings. The Kier molecular flexibility index (Phi) is 6.46. The number of aliphatic hydroxyl groups is 1. The maximum absolute atomic E-state index is 13.1. The van der Waals surface area contributed by atoms with Crippen molar-refractivity contribution in [1.29, 1.82) is 0 Å². The Labute approximate surface area is 235 Å². The van der Waals surface area contributed by atoms with Gasteiger partial charge in [0.05, 0.1) is 19.6 Å². The molecule has 212 valence electrons. The van der Waals surface area contributed by atoms with Crippen LogP contribution in [0.15, 0.2) is 60.7 Å². The molecule has 40 heavy (non-hydrogen) atoms. The number of benzene rings is 2. The van der Waals surface area contributed by atoms with E-state index in [0.29, 0.717) is 6.42 Å².